The van der Waals surface area contributed by atoms with E-state index in [1.54, 1.807) is 30.7 Å². The molecule has 0 aliphatic carbocycles. The summed E-state index contributed by atoms with van der Waals surface area (Å²) in [5.41, 5.74) is 1.89. The van der Waals surface area contributed by atoms with Crippen molar-refractivity contribution in [2.75, 3.05) is 0 Å². The number of hydrogen-bond donors (Lipinski definition) is 1. The van der Waals surface area contributed by atoms with Gasteiger partial charge in [-0.3, -0.25) is 4.79 Å². The molecular formula is C15H16BrFN2O. The summed E-state index contributed by atoms with van der Waals surface area (Å²) in [4.78, 5) is 12.2. The molecule has 5 heteroatoms. The molecule has 0 aliphatic heterocycles. The van der Waals surface area contributed by atoms with Gasteiger partial charge in [-0.05, 0) is 53.0 Å². The van der Waals surface area contributed by atoms with E-state index in [2.05, 4.69) is 21.2 Å². The summed E-state index contributed by atoms with van der Waals surface area (Å²) < 4.78 is 16.1. The Kier molecular flexibility index (Phi) is 4.28. The number of nitrogens with one attached hydrogen (secondary N) is 1. The molecule has 0 radical (unpaired) electrons. The van der Waals surface area contributed by atoms with Gasteiger partial charge in [-0.25, -0.2) is 4.39 Å². The Hall–Kier alpha value is -1.62. The van der Waals surface area contributed by atoms with E-state index >= 15 is 0 Å². The van der Waals surface area contributed by atoms with E-state index in [-0.39, 0.29) is 17.8 Å². The lowest BCUT2D eigenvalue weighted by molar-refractivity contribution is 0.0931. The first-order valence-electron chi connectivity index (χ1n) is 6.27. The number of hydrogen-bond acceptors (Lipinski definition) is 1. The number of aryl methyl sites for hydroxylation is 2. The second kappa shape index (κ2) is 5.79. The average molecular weight is 339 g/mol. The Balaban J connectivity index is 2.14. The van der Waals surface area contributed by atoms with Gasteiger partial charge in [-0.2, -0.15) is 0 Å². The number of nitrogens with zero attached hydrogens (tertiary/aromatic N) is 1. The zero-order chi connectivity index (χ0) is 14.9. The van der Waals surface area contributed by atoms with Crippen LogP contribution in [0.15, 0.2) is 34.9 Å². The van der Waals surface area contributed by atoms with Gasteiger partial charge in [0.05, 0.1) is 6.04 Å². The SMILES string of the molecule is Cc1ccc(C(C)NC(=O)c2cc(Br)cn2C)cc1F. The molecule has 106 valence electrons. The molecule has 2 aromatic rings. The van der Waals surface area contributed by atoms with Crippen LogP contribution in [0.2, 0.25) is 0 Å². The Labute approximate surface area is 125 Å². The van der Waals surface area contributed by atoms with Crippen molar-refractivity contribution in [3.8, 4) is 0 Å². The van der Waals surface area contributed by atoms with Crippen LogP contribution in [-0.4, -0.2) is 10.5 Å². The predicted molar refractivity (Wildman–Crippen MR) is 80.1 cm³/mol. The van der Waals surface area contributed by atoms with E-state index in [0.717, 1.165) is 10.0 Å². The summed E-state index contributed by atoms with van der Waals surface area (Å²) in [7, 11) is 1.80. The first kappa shape index (κ1) is 14.8. The van der Waals surface area contributed by atoms with E-state index in [1.165, 1.54) is 6.07 Å². The highest BCUT2D eigenvalue weighted by atomic mass is 79.9. The minimum atomic E-state index is -0.259. The molecule has 0 fully saturated rings. The molecule has 1 N–H and O–H groups in total. The molecule has 1 unspecified atom stereocenters. The van der Waals surface area contributed by atoms with Gasteiger partial charge in [-0.15, -0.1) is 0 Å². The van der Waals surface area contributed by atoms with Crippen molar-refractivity contribution >= 4 is 21.8 Å². The van der Waals surface area contributed by atoms with E-state index in [9.17, 15) is 9.18 Å². The molecule has 3 nitrogen and oxygen atoms in total. The fourth-order valence-corrected chi connectivity index (χ4v) is 2.51. The van der Waals surface area contributed by atoms with Gasteiger partial charge in [0, 0.05) is 17.7 Å². The smallest absolute Gasteiger partial charge is 0.268 e. The highest BCUT2D eigenvalue weighted by Gasteiger charge is 2.15. The number of amides is 1. The van der Waals surface area contributed by atoms with Gasteiger partial charge in [0.1, 0.15) is 11.5 Å². The van der Waals surface area contributed by atoms with Crippen LogP contribution in [0.4, 0.5) is 4.39 Å². The largest absolute Gasteiger partial charge is 0.345 e. The van der Waals surface area contributed by atoms with Gasteiger partial charge >= 0.3 is 0 Å². The molecule has 0 bridgehead atoms. The summed E-state index contributed by atoms with van der Waals surface area (Å²) in [6.07, 6.45) is 1.81. The van der Waals surface area contributed by atoms with Gasteiger partial charge in [0.25, 0.3) is 5.91 Å². The maximum Gasteiger partial charge on any atom is 0.268 e. The summed E-state index contributed by atoms with van der Waals surface area (Å²) in [6, 6.07) is 6.49. The molecular weight excluding hydrogens is 323 g/mol. The van der Waals surface area contributed by atoms with Gasteiger partial charge in [0.15, 0.2) is 0 Å². The number of benzene rings is 1. The highest BCUT2D eigenvalue weighted by Crippen LogP contribution is 2.18. The predicted octanol–water partition coefficient (Wildman–Crippen LogP) is 3.73. The molecule has 1 heterocycles. The molecule has 0 saturated carbocycles. The molecule has 1 aromatic carbocycles. The van der Waals surface area contributed by atoms with Crippen molar-refractivity contribution in [3.63, 3.8) is 0 Å². The zero-order valence-corrected chi connectivity index (χ0v) is 13.2. The first-order valence-corrected chi connectivity index (χ1v) is 7.06. The number of carbonyl (C=O) groups is 1. The third-order valence-electron chi connectivity index (χ3n) is 3.25. The minimum absolute atomic E-state index is 0.188. The molecule has 0 spiro atoms. The normalized spacial score (nSPS) is 12.2. The van der Waals surface area contributed by atoms with Crippen molar-refractivity contribution in [3.05, 3.63) is 57.6 Å². The van der Waals surface area contributed by atoms with E-state index in [4.69, 9.17) is 0 Å². The van der Waals surface area contributed by atoms with Crippen molar-refractivity contribution in [1.82, 2.24) is 9.88 Å². The Morgan fingerprint density at radius 1 is 1.40 bits per heavy atom. The fraction of sp³-hybridized carbons (Fsp3) is 0.267. The fourth-order valence-electron chi connectivity index (χ4n) is 1.98. The standard InChI is InChI=1S/C15H16BrFN2O/c1-9-4-5-11(6-13(9)17)10(2)18-15(20)14-7-12(16)8-19(14)3/h4-8,10H,1-3H3,(H,18,20). The first-order chi connectivity index (χ1) is 9.38. The van der Waals surface area contributed by atoms with Crippen LogP contribution >= 0.6 is 15.9 Å². The van der Waals surface area contributed by atoms with Crippen molar-refractivity contribution < 1.29 is 9.18 Å². The topological polar surface area (TPSA) is 34.0 Å². The lowest BCUT2D eigenvalue weighted by atomic mass is 10.1. The van der Waals surface area contributed by atoms with Crippen molar-refractivity contribution in [1.29, 1.82) is 0 Å². The molecule has 0 saturated heterocycles. The lowest BCUT2D eigenvalue weighted by Crippen LogP contribution is -2.28. The van der Waals surface area contributed by atoms with Gasteiger partial charge in [0.2, 0.25) is 0 Å². The monoisotopic (exact) mass is 338 g/mol. The summed E-state index contributed by atoms with van der Waals surface area (Å²) >= 11 is 3.33. The highest BCUT2D eigenvalue weighted by molar-refractivity contribution is 9.10. The summed E-state index contributed by atoms with van der Waals surface area (Å²) in [5.74, 6) is -0.447. The van der Waals surface area contributed by atoms with Crippen LogP contribution in [0.25, 0.3) is 0 Å². The number of rotatable bonds is 3. The maximum absolute atomic E-state index is 13.5. The molecule has 1 amide bonds. The number of aromatic nitrogens is 1. The van der Waals surface area contributed by atoms with E-state index < -0.39 is 0 Å². The average Bonchev–Trinajstić information content (AvgIpc) is 2.71. The molecule has 1 aromatic heterocycles. The van der Waals surface area contributed by atoms with Crippen LogP contribution in [-0.2, 0) is 7.05 Å². The summed E-state index contributed by atoms with van der Waals surface area (Å²) in [6.45, 7) is 3.55. The Morgan fingerprint density at radius 3 is 2.65 bits per heavy atom. The molecule has 2 rings (SSSR count). The van der Waals surface area contributed by atoms with Gasteiger partial charge < -0.3 is 9.88 Å². The second-order valence-corrected chi connectivity index (χ2v) is 5.77. The zero-order valence-electron chi connectivity index (χ0n) is 11.6. The quantitative estimate of drug-likeness (QED) is 0.909. The summed E-state index contributed by atoms with van der Waals surface area (Å²) in [5, 5.41) is 2.87. The number of carbonyl (C=O) groups excluding carboxylic acids is 1. The van der Waals surface area contributed by atoms with Gasteiger partial charge in [-0.1, -0.05) is 12.1 Å². The van der Waals surface area contributed by atoms with Crippen molar-refractivity contribution in [2.24, 2.45) is 7.05 Å². The van der Waals surface area contributed by atoms with Crippen LogP contribution in [0.1, 0.15) is 34.6 Å². The molecule has 20 heavy (non-hydrogen) atoms. The van der Waals surface area contributed by atoms with Crippen LogP contribution < -0.4 is 5.32 Å². The van der Waals surface area contributed by atoms with E-state index in [1.807, 2.05) is 19.2 Å². The van der Waals surface area contributed by atoms with Crippen LogP contribution in [0, 0.1) is 12.7 Å². The third kappa shape index (κ3) is 3.10. The lowest BCUT2D eigenvalue weighted by Gasteiger charge is -2.15. The Bertz CT molecular complexity index is 651. The third-order valence-corrected chi connectivity index (χ3v) is 3.68. The molecule has 0 aliphatic rings. The van der Waals surface area contributed by atoms with Crippen LogP contribution in [0.5, 0.6) is 0 Å². The Morgan fingerprint density at radius 2 is 2.10 bits per heavy atom. The number of halogens is 2. The van der Waals surface area contributed by atoms with Crippen molar-refractivity contribution in [2.45, 2.75) is 19.9 Å². The van der Waals surface area contributed by atoms with Crippen LogP contribution in [0.3, 0.4) is 0 Å². The van der Waals surface area contributed by atoms with E-state index in [0.29, 0.717) is 11.3 Å². The molecule has 1 atom stereocenters. The second-order valence-electron chi connectivity index (χ2n) is 4.86. The minimum Gasteiger partial charge on any atom is -0.345 e. The maximum atomic E-state index is 13.5.